The minimum Gasteiger partial charge on any atom is -0.508 e. The summed E-state index contributed by atoms with van der Waals surface area (Å²) < 4.78 is 38.5. The van der Waals surface area contributed by atoms with Crippen LogP contribution in [0.1, 0.15) is 21.5 Å². The van der Waals surface area contributed by atoms with E-state index in [4.69, 9.17) is 5.11 Å². The standard InChI is InChI=1S/C15H12F3NO4/c16-15(17,18)10-4-2-1-3-8(10)7-19-14(23)13-11(21)5-9(20)6-12(13)22/h1-6,20-22H,7H2,(H,19,23). The van der Waals surface area contributed by atoms with Gasteiger partial charge in [-0.1, -0.05) is 18.2 Å². The van der Waals surface area contributed by atoms with Crippen molar-refractivity contribution in [1.29, 1.82) is 0 Å². The van der Waals surface area contributed by atoms with Gasteiger partial charge in [0.25, 0.3) is 5.91 Å². The van der Waals surface area contributed by atoms with E-state index in [1.54, 1.807) is 0 Å². The van der Waals surface area contributed by atoms with E-state index in [-0.39, 0.29) is 5.56 Å². The second kappa shape index (κ2) is 6.07. The molecule has 2 aromatic rings. The Morgan fingerprint density at radius 3 is 2.17 bits per heavy atom. The van der Waals surface area contributed by atoms with Crippen molar-refractivity contribution in [1.82, 2.24) is 5.32 Å². The van der Waals surface area contributed by atoms with Crippen LogP contribution in [0.4, 0.5) is 13.2 Å². The van der Waals surface area contributed by atoms with Crippen LogP contribution in [0.5, 0.6) is 17.2 Å². The van der Waals surface area contributed by atoms with Crippen molar-refractivity contribution in [2.75, 3.05) is 0 Å². The van der Waals surface area contributed by atoms with E-state index < -0.39 is 47.0 Å². The molecule has 0 aromatic heterocycles. The highest BCUT2D eigenvalue weighted by molar-refractivity contribution is 5.99. The quantitative estimate of drug-likeness (QED) is 0.698. The molecule has 122 valence electrons. The van der Waals surface area contributed by atoms with Gasteiger partial charge in [-0.05, 0) is 11.6 Å². The number of benzene rings is 2. The summed E-state index contributed by atoms with van der Waals surface area (Å²) in [4.78, 5) is 11.9. The second-order valence-corrected chi connectivity index (χ2v) is 4.70. The summed E-state index contributed by atoms with van der Waals surface area (Å²) in [5.41, 5.74) is -1.59. The molecule has 0 unspecified atom stereocenters. The van der Waals surface area contributed by atoms with Gasteiger partial charge in [-0.2, -0.15) is 13.2 Å². The molecule has 0 saturated heterocycles. The molecule has 0 atom stereocenters. The highest BCUT2D eigenvalue weighted by Crippen LogP contribution is 2.33. The van der Waals surface area contributed by atoms with E-state index in [9.17, 15) is 28.2 Å². The third-order valence-electron chi connectivity index (χ3n) is 3.07. The maximum Gasteiger partial charge on any atom is 0.416 e. The Morgan fingerprint density at radius 2 is 1.61 bits per heavy atom. The predicted octanol–water partition coefficient (Wildman–Crippen LogP) is 2.75. The van der Waals surface area contributed by atoms with Gasteiger partial charge in [-0.15, -0.1) is 0 Å². The Hall–Kier alpha value is -2.90. The van der Waals surface area contributed by atoms with E-state index in [0.717, 1.165) is 18.2 Å². The van der Waals surface area contributed by atoms with Gasteiger partial charge in [0, 0.05) is 18.7 Å². The second-order valence-electron chi connectivity index (χ2n) is 4.70. The Balaban J connectivity index is 2.21. The number of aromatic hydroxyl groups is 3. The molecular weight excluding hydrogens is 315 g/mol. The topological polar surface area (TPSA) is 89.8 Å². The smallest absolute Gasteiger partial charge is 0.416 e. The minimum atomic E-state index is -4.57. The van der Waals surface area contributed by atoms with Crippen LogP contribution in [0, 0.1) is 0 Å². The van der Waals surface area contributed by atoms with Gasteiger partial charge in [0.05, 0.1) is 5.56 Å². The van der Waals surface area contributed by atoms with Crippen molar-refractivity contribution >= 4 is 5.91 Å². The van der Waals surface area contributed by atoms with Crippen molar-refractivity contribution in [3.05, 3.63) is 53.1 Å². The number of halogens is 3. The van der Waals surface area contributed by atoms with E-state index >= 15 is 0 Å². The largest absolute Gasteiger partial charge is 0.508 e. The van der Waals surface area contributed by atoms with E-state index in [1.807, 2.05) is 0 Å². The molecule has 1 amide bonds. The summed E-state index contributed by atoms with van der Waals surface area (Å²) in [7, 11) is 0. The summed E-state index contributed by atoms with van der Waals surface area (Å²) in [6, 6.07) is 6.38. The lowest BCUT2D eigenvalue weighted by Gasteiger charge is -2.14. The number of hydrogen-bond acceptors (Lipinski definition) is 4. The number of hydrogen-bond donors (Lipinski definition) is 4. The number of nitrogens with one attached hydrogen (secondary N) is 1. The molecule has 0 aliphatic rings. The van der Waals surface area contributed by atoms with Gasteiger partial charge < -0.3 is 20.6 Å². The van der Waals surface area contributed by atoms with Crippen molar-refractivity contribution in [3.8, 4) is 17.2 Å². The number of amides is 1. The molecule has 8 heteroatoms. The van der Waals surface area contributed by atoms with Crippen LogP contribution in [-0.2, 0) is 12.7 Å². The lowest BCUT2D eigenvalue weighted by molar-refractivity contribution is -0.138. The molecule has 5 nitrogen and oxygen atoms in total. The van der Waals surface area contributed by atoms with Crippen molar-refractivity contribution in [2.24, 2.45) is 0 Å². The summed E-state index contributed by atoms with van der Waals surface area (Å²) in [6.45, 7) is -0.450. The number of carbonyl (C=O) groups excluding carboxylic acids is 1. The molecule has 0 saturated carbocycles. The summed E-state index contributed by atoms with van der Waals surface area (Å²) in [5, 5.41) is 30.5. The average Bonchev–Trinajstić information content (AvgIpc) is 2.43. The maximum absolute atomic E-state index is 12.8. The van der Waals surface area contributed by atoms with Gasteiger partial charge in [0.15, 0.2) is 0 Å². The minimum absolute atomic E-state index is 0.161. The van der Waals surface area contributed by atoms with Crippen molar-refractivity contribution in [3.63, 3.8) is 0 Å². The van der Waals surface area contributed by atoms with Crippen LogP contribution in [0.3, 0.4) is 0 Å². The van der Waals surface area contributed by atoms with Crippen molar-refractivity contribution < 1.29 is 33.3 Å². The summed E-state index contributed by atoms with van der Waals surface area (Å²) in [5.74, 6) is -2.82. The Labute approximate surface area is 128 Å². The molecule has 0 spiro atoms. The number of phenolic OH excluding ortho intramolecular Hbond substituents is 3. The third-order valence-corrected chi connectivity index (χ3v) is 3.07. The normalized spacial score (nSPS) is 11.3. The number of carbonyl (C=O) groups is 1. The SMILES string of the molecule is O=C(NCc1ccccc1C(F)(F)F)c1c(O)cc(O)cc1O. The van der Waals surface area contributed by atoms with Crippen LogP contribution in [-0.4, -0.2) is 21.2 Å². The maximum atomic E-state index is 12.8. The monoisotopic (exact) mass is 327 g/mol. The molecule has 0 heterocycles. The first-order valence-electron chi connectivity index (χ1n) is 6.38. The first-order valence-corrected chi connectivity index (χ1v) is 6.38. The zero-order chi connectivity index (χ0) is 17.2. The summed E-state index contributed by atoms with van der Waals surface area (Å²) >= 11 is 0. The fraction of sp³-hybridized carbons (Fsp3) is 0.133. The zero-order valence-electron chi connectivity index (χ0n) is 11.6. The number of phenols is 3. The van der Waals surface area contributed by atoms with Crippen LogP contribution >= 0.6 is 0 Å². The molecular formula is C15H12F3NO4. The highest BCUT2D eigenvalue weighted by Gasteiger charge is 2.33. The van der Waals surface area contributed by atoms with Gasteiger partial charge in [-0.3, -0.25) is 4.79 Å². The molecule has 0 radical (unpaired) electrons. The molecule has 2 rings (SSSR count). The number of rotatable bonds is 3. The van der Waals surface area contributed by atoms with E-state index in [0.29, 0.717) is 0 Å². The van der Waals surface area contributed by atoms with E-state index in [1.165, 1.54) is 18.2 Å². The van der Waals surface area contributed by atoms with Crippen LogP contribution in [0.15, 0.2) is 36.4 Å². The average molecular weight is 327 g/mol. The van der Waals surface area contributed by atoms with Crippen LogP contribution in [0.2, 0.25) is 0 Å². The molecule has 0 aliphatic heterocycles. The lowest BCUT2D eigenvalue weighted by atomic mass is 10.1. The molecule has 0 aliphatic carbocycles. The van der Waals surface area contributed by atoms with Gasteiger partial charge in [0.2, 0.25) is 0 Å². The Morgan fingerprint density at radius 1 is 1.04 bits per heavy atom. The Bertz CT molecular complexity index is 721. The first kappa shape index (κ1) is 16.5. The first-order chi connectivity index (χ1) is 10.7. The fourth-order valence-corrected chi connectivity index (χ4v) is 2.04. The molecule has 0 bridgehead atoms. The number of alkyl halides is 3. The van der Waals surface area contributed by atoms with Gasteiger partial charge in [-0.25, -0.2) is 0 Å². The van der Waals surface area contributed by atoms with Crippen LogP contribution < -0.4 is 5.32 Å². The molecule has 0 fully saturated rings. The third kappa shape index (κ3) is 3.65. The highest BCUT2D eigenvalue weighted by atomic mass is 19.4. The predicted molar refractivity (Wildman–Crippen MR) is 74.1 cm³/mol. The van der Waals surface area contributed by atoms with Crippen LogP contribution in [0.25, 0.3) is 0 Å². The molecule has 23 heavy (non-hydrogen) atoms. The molecule has 4 N–H and O–H groups in total. The Kier molecular flexibility index (Phi) is 4.35. The zero-order valence-corrected chi connectivity index (χ0v) is 11.6. The van der Waals surface area contributed by atoms with Gasteiger partial charge >= 0.3 is 6.18 Å². The molecule has 2 aromatic carbocycles. The van der Waals surface area contributed by atoms with Crippen molar-refractivity contribution in [2.45, 2.75) is 12.7 Å². The fourth-order valence-electron chi connectivity index (χ4n) is 2.04. The lowest BCUT2D eigenvalue weighted by Crippen LogP contribution is -2.24. The van der Waals surface area contributed by atoms with Gasteiger partial charge in [0.1, 0.15) is 22.8 Å². The van der Waals surface area contributed by atoms with E-state index in [2.05, 4.69) is 5.32 Å². The summed E-state index contributed by atoms with van der Waals surface area (Å²) in [6.07, 6.45) is -4.57.